The summed E-state index contributed by atoms with van der Waals surface area (Å²) in [7, 11) is 1.38. The van der Waals surface area contributed by atoms with E-state index < -0.39 is 0 Å². The third-order valence-corrected chi connectivity index (χ3v) is 4.27. The van der Waals surface area contributed by atoms with E-state index in [2.05, 4.69) is 10.4 Å². The Morgan fingerprint density at radius 1 is 1.27 bits per heavy atom. The summed E-state index contributed by atoms with van der Waals surface area (Å²) in [5.74, 6) is -0.478. The number of hydrogen-bond acceptors (Lipinski definition) is 5. The molecule has 2 N–H and O–H groups in total. The van der Waals surface area contributed by atoms with E-state index in [9.17, 15) is 9.59 Å². The standard InChI is InChI=1S/C19H25N3O4/c1-12(11-23)20-19(25)15-5-7-16(8-6-15)22-14(3)17(13(2)21-22)9-10-18(24)26-4/h5-8,12,23H,9-11H2,1-4H3,(H,20,25). The van der Waals surface area contributed by atoms with Crippen LogP contribution >= 0.6 is 0 Å². The lowest BCUT2D eigenvalue weighted by Crippen LogP contribution is -2.34. The SMILES string of the molecule is COC(=O)CCc1c(C)nn(-c2ccc(C(=O)NC(C)CO)cc2)c1C. The van der Waals surface area contributed by atoms with E-state index in [0.717, 1.165) is 22.6 Å². The quantitative estimate of drug-likeness (QED) is 0.734. The number of hydrogen-bond donors (Lipinski definition) is 2. The molecule has 1 aromatic heterocycles. The van der Waals surface area contributed by atoms with E-state index in [-0.39, 0.29) is 24.5 Å². The van der Waals surface area contributed by atoms with Crippen LogP contribution in [0.25, 0.3) is 5.69 Å². The van der Waals surface area contributed by atoms with Crippen LogP contribution in [0, 0.1) is 13.8 Å². The third kappa shape index (κ3) is 4.49. The predicted octanol–water partition coefficient (Wildman–Crippen LogP) is 1.71. The first-order valence-corrected chi connectivity index (χ1v) is 8.51. The van der Waals surface area contributed by atoms with E-state index in [4.69, 9.17) is 9.84 Å². The van der Waals surface area contributed by atoms with Crippen molar-refractivity contribution in [2.75, 3.05) is 13.7 Å². The molecule has 7 nitrogen and oxygen atoms in total. The maximum absolute atomic E-state index is 12.1. The van der Waals surface area contributed by atoms with Crippen LogP contribution < -0.4 is 5.32 Å². The van der Waals surface area contributed by atoms with Crippen molar-refractivity contribution >= 4 is 11.9 Å². The highest BCUT2D eigenvalue weighted by Gasteiger charge is 2.15. The molecule has 7 heteroatoms. The first-order chi connectivity index (χ1) is 12.4. The fourth-order valence-corrected chi connectivity index (χ4v) is 2.72. The number of aromatic nitrogens is 2. The molecule has 1 unspecified atom stereocenters. The van der Waals surface area contributed by atoms with Gasteiger partial charge in [0.1, 0.15) is 0 Å². The number of carbonyl (C=O) groups excluding carboxylic acids is 2. The molecule has 140 valence electrons. The van der Waals surface area contributed by atoms with E-state index in [0.29, 0.717) is 18.4 Å². The first-order valence-electron chi connectivity index (χ1n) is 8.51. The zero-order valence-corrected chi connectivity index (χ0v) is 15.6. The van der Waals surface area contributed by atoms with Crippen LogP contribution in [-0.2, 0) is 16.0 Å². The van der Waals surface area contributed by atoms with E-state index in [1.165, 1.54) is 7.11 Å². The second-order valence-electron chi connectivity index (χ2n) is 6.24. The van der Waals surface area contributed by atoms with Gasteiger partial charge in [-0.3, -0.25) is 9.59 Å². The molecule has 0 aliphatic carbocycles. The Bertz CT molecular complexity index is 781. The summed E-state index contributed by atoms with van der Waals surface area (Å²) < 4.78 is 6.50. The van der Waals surface area contributed by atoms with Crippen LogP contribution in [0.5, 0.6) is 0 Å². The van der Waals surface area contributed by atoms with Gasteiger partial charge < -0.3 is 15.2 Å². The summed E-state index contributed by atoms with van der Waals surface area (Å²) in [6, 6.07) is 6.79. The topological polar surface area (TPSA) is 93.5 Å². The van der Waals surface area contributed by atoms with Crippen LogP contribution in [0.4, 0.5) is 0 Å². The molecule has 0 radical (unpaired) electrons. The lowest BCUT2D eigenvalue weighted by atomic mass is 10.1. The molecule has 0 saturated carbocycles. The van der Waals surface area contributed by atoms with Crippen LogP contribution in [0.1, 0.15) is 40.7 Å². The highest BCUT2D eigenvalue weighted by atomic mass is 16.5. The predicted molar refractivity (Wildman–Crippen MR) is 97.4 cm³/mol. The number of nitrogens with zero attached hydrogens (tertiary/aromatic N) is 2. The van der Waals surface area contributed by atoms with Gasteiger partial charge in [-0.25, -0.2) is 4.68 Å². The van der Waals surface area contributed by atoms with Gasteiger partial charge in [0.25, 0.3) is 5.91 Å². The molecule has 0 bridgehead atoms. The Hall–Kier alpha value is -2.67. The highest BCUT2D eigenvalue weighted by molar-refractivity contribution is 5.94. The van der Waals surface area contributed by atoms with Gasteiger partial charge in [0.05, 0.1) is 25.1 Å². The molecule has 26 heavy (non-hydrogen) atoms. The summed E-state index contributed by atoms with van der Waals surface area (Å²) in [5, 5.41) is 16.3. The van der Waals surface area contributed by atoms with Crippen molar-refractivity contribution in [3.63, 3.8) is 0 Å². The highest BCUT2D eigenvalue weighted by Crippen LogP contribution is 2.20. The molecule has 1 aromatic carbocycles. The smallest absolute Gasteiger partial charge is 0.305 e. The van der Waals surface area contributed by atoms with Gasteiger partial charge in [0, 0.05) is 23.7 Å². The number of nitrogens with one attached hydrogen (secondary N) is 1. The van der Waals surface area contributed by atoms with Crippen molar-refractivity contribution in [1.82, 2.24) is 15.1 Å². The molecule has 0 spiro atoms. The van der Waals surface area contributed by atoms with Crippen molar-refractivity contribution in [3.05, 3.63) is 46.8 Å². The van der Waals surface area contributed by atoms with Crippen LogP contribution in [0.15, 0.2) is 24.3 Å². The van der Waals surface area contributed by atoms with E-state index >= 15 is 0 Å². The van der Waals surface area contributed by atoms with Crippen molar-refractivity contribution in [2.24, 2.45) is 0 Å². The third-order valence-electron chi connectivity index (χ3n) is 4.27. The monoisotopic (exact) mass is 359 g/mol. The molecule has 1 amide bonds. The summed E-state index contributed by atoms with van der Waals surface area (Å²) in [5.41, 5.74) is 4.19. The number of aryl methyl sites for hydroxylation is 1. The minimum atomic E-state index is -0.296. The van der Waals surface area contributed by atoms with Gasteiger partial charge >= 0.3 is 5.97 Å². The van der Waals surface area contributed by atoms with Crippen LogP contribution in [0.2, 0.25) is 0 Å². The average molecular weight is 359 g/mol. The summed E-state index contributed by atoms with van der Waals surface area (Å²) >= 11 is 0. The molecular weight excluding hydrogens is 334 g/mol. The largest absolute Gasteiger partial charge is 0.469 e. The molecule has 0 fully saturated rings. The fraction of sp³-hybridized carbons (Fsp3) is 0.421. The van der Waals surface area contributed by atoms with Crippen molar-refractivity contribution in [1.29, 1.82) is 0 Å². The normalized spacial score (nSPS) is 11.9. The lowest BCUT2D eigenvalue weighted by molar-refractivity contribution is -0.140. The number of rotatable bonds is 7. The molecule has 0 aliphatic rings. The fourth-order valence-electron chi connectivity index (χ4n) is 2.72. The van der Waals surface area contributed by atoms with Crippen LogP contribution in [-0.4, -0.2) is 46.5 Å². The molecule has 1 heterocycles. The van der Waals surface area contributed by atoms with Crippen molar-refractivity contribution in [3.8, 4) is 5.69 Å². The maximum atomic E-state index is 12.1. The number of methoxy groups -OCH3 is 1. The molecule has 2 rings (SSSR count). The number of aliphatic hydroxyl groups is 1. The Morgan fingerprint density at radius 3 is 2.50 bits per heavy atom. The van der Waals surface area contributed by atoms with Gasteiger partial charge in [-0.15, -0.1) is 0 Å². The van der Waals surface area contributed by atoms with Crippen molar-refractivity contribution in [2.45, 2.75) is 39.7 Å². The number of aliphatic hydroxyl groups excluding tert-OH is 1. The number of amides is 1. The summed E-state index contributed by atoms with van der Waals surface area (Å²) in [6.07, 6.45) is 0.885. The molecule has 0 aliphatic heterocycles. The second-order valence-corrected chi connectivity index (χ2v) is 6.24. The number of carbonyl (C=O) groups is 2. The minimum absolute atomic E-state index is 0.107. The van der Waals surface area contributed by atoms with Gasteiger partial charge in [-0.05, 0) is 57.0 Å². The Balaban J connectivity index is 2.19. The number of esters is 1. The second kappa shape index (κ2) is 8.62. The zero-order chi connectivity index (χ0) is 19.3. The number of benzene rings is 1. The van der Waals surface area contributed by atoms with Crippen LogP contribution in [0.3, 0.4) is 0 Å². The molecule has 0 saturated heterocycles. The first kappa shape index (κ1) is 19.7. The van der Waals surface area contributed by atoms with E-state index in [1.54, 1.807) is 23.7 Å². The van der Waals surface area contributed by atoms with E-state index in [1.807, 2.05) is 26.0 Å². The summed E-state index contributed by atoms with van der Waals surface area (Å²) in [4.78, 5) is 23.5. The molecular formula is C19H25N3O4. The Labute approximate surface area is 153 Å². The van der Waals surface area contributed by atoms with Crippen molar-refractivity contribution < 1.29 is 19.4 Å². The Morgan fingerprint density at radius 2 is 1.92 bits per heavy atom. The Kier molecular flexibility index (Phi) is 6.52. The lowest BCUT2D eigenvalue weighted by Gasteiger charge is -2.11. The van der Waals surface area contributed by atoms with Gasteiger partial charge in [0.2, 0.25) is 0 Å². The number of ether oxygens (including phenoxy) is 1. The van der Waals surface area contributed by atoms with Gasteiger partial charge in [-0.2, -0.15) is 5.10 Å². The van der Waals surface area contributed by atoms with Gasteiger partial charge in [0.15, 0.2) is 0 Å². The minimum Gasteiger partial charge on any atom is -0.469 e. The van der Waals surface area contributed by atoms with Gasteiger partial charge in [-0.1, -0.05) is 0 Å². The maximum Gasteiger partial charge on any atom is 0.305 e. The molecule has 2 aromatic rings. The zero-order valence-electron chi connectivity index (χ0n) is 15.6. The average Bonchev–Trinajstić information content (AvgIpc) is 2.93. The molecule has 1 atom stereocenters. The summed E-state index contributed by atoms with van der Waals surface area (Å²) in [6.45, 7) is 5.49.